The van der Waals surface area contributed by atoms with Gasteiger partial charge in [0.15, 0.2) is 5.82 Å². The molecule has 11 aromatic rings. The van der Waals surface area contributed by atoms with Gasteiger partial charge in [-0.05, 0) is 54.6 Å². The molecule has 0 saturated heterocycles. The summed E-state index contributed by atoms with van der Waals surface area (Å²) in [4.78, 5) is 38.7. The number of hydrogen-bond acceptors (Lipinski definition) is 10. The van der Waals surface area contributed by atoms with Crippen molar-refractivity contribution >= 4 is 74.1 Å². The SMILES string of the molecule is Cn1ccnc1Nc1cc(-n2cccc2)cc2c1C(c1nc3ncnc4nc(-n5cnc6cc(-n7cccc7)cc(Nc7nccn7C)c65)c5ccc1c5n34)C=N2. The fourth-order valence-electron chi connectivity index (χ4n) is 8.05. The van der Waals surface area contributed by atoms with Crippen LogP contribution in [0.2, 0.25) is 0 Å². The molecule has 274 valence electrons. The van der Waals surface area contributed by atoms with Crippen LogP contribution >= 0.6 is 0 Å². The monoisotopic (exact) mass is 746 g/mol. The van der Waals surface area contributed by atoms with E-state index < -0.39 is 0 Å². The first-order valence-corrected chi connectivity index (χ1v) is 18.3. The molecular weight excluding hydrogens is 717 g/mol. The average molecular weight is 747 g/mol. The van der Waals surface area contributed by atoms with Crippen LogP contribution in [-0.4, -0.2) is 68.3 Å². The Morgan fingerprint density at radius 1 is 0.632 bits per heavy atom. The third-order valence-corrected chi connectivity index (χ3v) is 10.7. The number of benzene rings is 2. The fraction of sp³-hybridized carbons (Fsp3) is 0.0732. The second-order valence-electron chi connectivity index (χ2n) is 14.1. The van der Waals surface area contributed by atoms with Gasteiger partial charge in [0.1, 0.15) is 12.7 Å². The number of rotatable bonds is 8. The lowest BCUT2D eigenvalue weighted by Crippen LogP contribution is -2.12. The van der Waals surface area contributed by atoms with Crippen LogP contribution in [0.4, 0.5) is 29.0 Å². The van der Waals surface area contributed by atoms with Gasteiger partial charge in [-0.3, -0.25) is 9.56 Å². The fourth-order valence-corrected chi connectivity index (χ4v) is 8.05. The number of nitrogens with zero attached hydrogens (tertiary/aromatic N) is 14. The maximum absolute atomic E-state index is 5.21. The zero-order valence-corrected chi connectivity index (χ0v) is 30.5. The van der Waals surface area contributed by atoms with Crippen LogP contribution in [0.5, 0.6) is 0 Å². The Kier molecular flexibility index (Phi) is 6.40. The molecule has 8 aromatic heterocycles. The molecule has 16 heteroatoms. The maximum Gasteiger partial charge on any atom is 0.240 e. The van der Waals surface area contributed by atoms with Crippen molar-refractivity contribution in [1.82, 2.24) is 62.1 Å². The van der Waals surface area contributed by atoms with Crippen LogP contribution in [0.15, 0.2) is 128 Å². The summed E-state index contributed by atoms with van der Waals surface area (Å²) in [6.07, 6.45) is 20.8. The average Bonchev–Trinajstić information content (AvgIpc) is 4.08. The number of aryl methyl sites for hydroxylation is 2. The van der Waals surface area contributed by atoms with E-state index in [2.05, 4.69) is 76.1 Å². The smallest absolute Gasteiger partial charge is 0.240 e. The molecule has 0 saturated carbocycles. The van der Waals surface area contributed by atoms with E-state index in [1.165, 1.54) is 6.33 Å². The van der Waals surface area contributed by atoms with Crippen molar-refractivity contribution in [1.29, 1.82) is 0 Å². The highest BCUT2D eigenvalue weighted by Crippen LogP contribution is 2.46. The van der Waals surface area contributed by atoms with Crippen LogP contribution in [0.3, 0.4) is 0 Å². The molecule has 0 aliphatic carbocycles. The zero-order valence-electron chi connectivity index (χ0n) is 30.5. The van der Waals surface area contributed by atoms with Gasteiger partial charge in [-0.2, -0.15) is 4.98 Å². The molecule has 9 heterocycles. The summed E-state index contributed by atoms with van der Waals surface area (Å²) in [6.45, 7) is 0. The number of imidazole rings is 3. The summed E-state index contributed by atoms with van der Waals surface area (Å²) in [5.74, 6) is 2.75. The normalized spacial score (nSPS) is 13.9. The van der Waals surface area contributed by atoms with E-state index in [4.69, 9.17) is 19.9 Å². The Morgan fingerprint density at radius 2 is 1.28 bits per heavy atom. The molecule has 2 N–H and O–H groups in total. The molecule has 0 bridgehead atoms. The Balaban J connectivity index is 1.06. The topological polar surface area (TPSA) is 156 Å². The van der Waals surface area contributed by atoms with Crippen LogP contribution in [-0.2, 0) is 14.1 Å². The molecule has 1 aliphatic rings. The maximum atomic E-state index is 5.21. The van der Waals surface area contributed by atoms with E-state index in [0.29, 0.717) is 29.3 Å². The van der Waals surface area contributed by atoms with Crippen LogP contribution < -0.4 is 10.6 Å². The molecule has 0 fully saturated rings. The second kappa shape index (κ2) is 11.7. The molecule has 0 radical (unpaired) electrons. The predicted molar refractivity (Wildman–Crippen MR) is 217 cm³/mol. The molecular formula is C41H30N16. The molecule has 57 heavy (non-hydrogen) atoms. The summed E-state index contributed by atoms with van der Waals surface area (Å²) < 4.78 is 12.0. The van der Waals surface area contributed by atoms with E-state index in [1.807, 2.05) is 106 Å². The highest BCUT2D eigenvalue weighted by molar-refractivity contribution is 6.07. The molecule has 1 atom stereocenters. The number of aliphatic imine (C=N–C) groups is 1. The van der Waals surface area contributed by atoms with Crippen LogP contribution in [0.25, 0.3) is 56.1 Å². The van der Waals surface area contributed by atoms with Gasteiger partial charge in [0.25, 0.3) is 0 Å². The summed E-state index contributed by atoms with van der Waals surface area (Å²) in [7, 11) is 3.92. The number of nitrogens with one attached hydrogen (secondary N) is 2. The Bertz CT molecular complexity index is 3340. The van der Waals surface area contributed by atoms with Crippen molar-refractivity contribution in [3.05, 3.63) is 134 Å². The Labute approximate surface area is 322 Å². The molecule has 16 nitrogen and oxygen atoms in total. The summed E-state index contributed by atoms with van der Waals surface area (Å²) in [6, 6.07) is 20.6. The van der Waals surface area contributed by atoms with Gasteiger partial charge >= 0.3 is 0 Å². The number of aromatic nitrogens is 13. The lowest BCUT2D eigenvalue weighted by atomic mass is 9.93. The van der Waals surface area contributed by atoms with E-state index in [-0.39, 0.29) is 5.92 Å². The summed E-state index contributed by atoms with van der Waals surface area (Å²) in [5.41, 5.74) is 8.86. The van der Waals surface area contributed by atoms with Crippen LogP contribution in [0, 0.1) is 0 Å². The first-order chi connectivity index (χ1) is 28.1. The van der Waals surface area contributed by atoms with Gasteiger partial charge in [-0.1, -0.05) is 6.07 Å². The van der Waals surface area contributed by atoms with Crippen molar-refractivity contribution in [3.63, 3.8) is 0 Å². The van der Waals surface area contributed by atoms with E-state index >= 15 is 0 Å². The van der Waals surface area contributed by atoms with Gasteiger partial charge in [-0.25, -0.2) is 34.3 Å². The quantitative estimate of drug-likeness (QED) is 0.167. The zero-order chi connectivity index (χ0) is 37.8. The second-order valence-corrected chi connectivity index (χ2v) is 14.1. The highest BCUT2D eigenvalue weighted by Gasteiger charge is 2.31. The lowest BCUT2D eigenvalue weighted by molar-refractivity contribution is 0.922. The Hall–Kier alpha value is -8.14. The third kappa shape index (κ3) is 4.67. The van der Waals surface area contributed by atoms with E-state index in [1.54, 1.807) is 12.4 Å². The predicted octanol–water partition coefficient (Wildman–Crippen LogP) is 6.99. The molecule has 1 unspecified atom stereocenters. The first kappa shape index (κ1) is 31.2. The number of hydrogen-bond donors (Lipinski definition) is 2. The van der Waals surface area contributed by atoms with Crippen molar-refractivity contribution in [3.8, 4) is 17.2 Å². The molecule has 0 spiro atoms. The molecule has 1 aliphatic heterocycles. The lowest BCUT2D eigenvalue weighted by Gasteiger charge is -2.19. The van der Waals surface area contributed by atoms with E-state index in [0.717, 1.165) is 67.0 Å². The van der Waals surface area contributed by atoms with Crippen LogP contribution in [0.1, 0.15) is 17.2 Å². The van der Waals surface area contributed by atoms with Crippen molar-refractivity contribution in [2.75, 3.05) is 10.6 Å². The minimum Gasteiger partial charge on any atom is -0.325 e. The first-order valence-electron chi connectivity index (χ1n) is 18.3. The number of anilines is 4. The van der Waals surface area contributed by atoms with E-state index in [9.17, 15) is 0 Å². The molecule has 3 aromatic carbocycles. The van der Waals surface area contributed by atoms with Gasteiger partial charge < -0.3 is 28.9 Å². The van der Waals surface area contributed by atoms with Gasteiger partial charge in [0.05, 0.1) is 39.5 Å². The minimum absolute atomic E-state index is 0.294. The highest BCUT2D eigenvalue weighted by atomic mass is 15.2. The Morgan fingerprint density at radius 3 is 1.98 bits per heavy atom. The van der Waals surface area contributed by atoms with Crippen molar-refractivity contribution < 1.29 is 0 Å². The third-order valence-electron chi connectivity index (χ3n) is 10.7. The number of fused-ring (bicyclic) bond motifs is 2. The summed E-state index contributed by atoms with van der Waals surface area (Å²) >= 11 is 0. The van der Waals surface area contributed by atoms with Crippen molar-refractivity contribution in [2.24, 2.45) is 19.1 Å². The van der Waals surface area contributed by atoms with Gasteiger partial charge in [-0.15, -0.1) is 0 Å². The minimum atomic E-state index is -0.294. The molecule has 12 rings (SSSR count). The largest absolute Gasteiger partial charge is 0.325 e. The van der Waals surface area contributed by atoms with Gasteiger partial charge in [0, 0.05) is 103 Å². The van der Waals surface area contributed by atoms with Crippen molar-refractivity contribution in [2.45, 2.75) is 5.92 Å². The molecule has 0 amide bonds. The standard InChI is InChI=1S/C41H30N16/c1-52-15-9-42-38(52)48-30-18-24(54-11-3-4-12-54)17-29-33(30)28(21-44-29)34-26-7-8-27-35(26)57-40(50-34)45-22-46-41(57)51-37(27)56-23-47-31-19-25(55-13-5-6-14-55)20-32(36(31)56)49-39-43-10-16-53(39)2/h3-23,28H,1-2H3,(H,42,48)(H,43,49). The summed E-state index contributed by atoms with van der Waals surface area (Å²) in [5, 5.41) is 9.01. The van der Waals surface area contributed by atoms with Gasteiger partial charge in [0.2, 0.25) is 23.5 Å².